The molecule has 1 aliphatic heterocycles. The van der Waals surface area contributed by atoms with Gasteiger partial charge in [-0.05, 0) is 31.5 Å². The summed E-state index contributed by atoms with van der Waals surface area (Å²) in [5.74, 6) is -0.225. The molecule has 1 heterocycles. The van der Waals surface area contributed by atoms with Crippen molar-refractivity contribution in [3.8, 4) is 5.75 Å². The molecule has 116 valence electrons. The Hall–Kier alpha value is -1.59. The molecule has 1 saturated heterocycles. The molecule has 0 amide bonds. The molecule has 5 nitrogen and oxygen atoms in total. The summed E-state index contributed by atoms with van der Waals surface area (Å²) in [5, 5.41) is 21.6. The number of phenols is 1. The number of piperidine rings is 1. The Kier molecular flexibility index (Phi) is 4.85. The van der Waals surface area contributed by atoms with E-state index in [0.717, 1.165) is 25.9 Å². The second kappa shape index (κ2) is 6.45. The SMILES string of the molecule is CC(C)(OC(=O)C(O)c1ccc(O)cc1)C1CC[NH2+]CC1. The highest BCUT2D eigenvalue weighted by Crippen LogP contribution is 2.30. The minimum Gasteiger partial charge on any atom is -0.508 e. The van der Waals surface area contributed by atoms with E-state index in [1.807, 2.05) is 13.8 Å². The lowest BCUT2D eigenvalue weighted by Gasteiger charge is -2.36. The third-order valence-corrected chi connectivity index (χ3v) is 4.22. The Morgan fingerprint density at radius 3 is 2.43 bits per heavy atom. The first-order chi connectivity index (χ1) is 9.90. The molecule has 1 fully saturated rings. The first-order valence-electron chi connectivity index (χ1n) is 7.41. The van der Waals surface area contributed by atoms with Crippen LogP contribution in [0, 0.1) is 5.92 Å². The van der Waals surface area contributed by atoms with Crippen molar-refractivity contribution in [2.24, 2.45) is 5.92 Å². The van der Waals surface area contributed by atoms with Gasteiger partial charge >= 0.3 is 5.97 Å². The van der Waals surface area contributed by atoms with Gasteiger partial charge in [-0.3, -0.25) is 0 Å². The zero-order chi connectivity index (χ0) is 15.5. The number of aliphatic hydroxyl groups is 1. The summed E-state index contributed by atoms with van der Waals surface area (Å²) < 4.78 is 5.56. The van der Waals surface area contributed by atoms with Gasteiger partial charge in [0.15, 0.2) is 6.10 Å². The van der Waals surface area contributed by atoms with Crippen LogP contribution in [0.25, 0.3) is 0 Å². The van der Waals surface area contributed by atoms with Gasteiger partial charge in [-0.2, -0.15) is 0 Å². The number of ether oxygens (including phenoxy) is 1. The molecule has 0 spiro atoms. The van der Waals surface area contributed by atoms with Crippen LogP contribution >= 0.6 is 0 Å². The molecule has 21 heavy (non-hydrogen) atoms. The number of hydrogen-bond acceptors (Lipinski definition) is 4. The first-order valence-corrected chi connectivity index (χ1v) is 7.41. The highest BCUT2D eigenvalue weighted by molar-refractivity contribution is 5.76. The largest absolute Gasteiger partial charge is 0.508 e. The normalized spacial score (nSPS) is 18.2. The molecule has 1 aromatic carbocycles. The Morgan fingerprint density at radius 1 is 1.29 bits per heavy atom. The van der Waals surface area contributed by atoms with Crippen LogP contribution in [0.3, 0.4) is 0 Å². The molecule has 4 N–H and O–H groups in total. The molecular formula is C16H24NO4+. The van der Waals surface area contributed by atoms with Gasteiger partial charge in [0.1, 0.15) is 11.4 Å². The number of aromatic hydroxyl groups is 1. The second-order valence-electron chi connectivity index (χ2n) is 6.16. The molecule has 0 bridgehead atoms. The van der Waals surface area contributed by atoms with E-state index < -0.39 is 17.7 Å². The zero-order valence-corrected chi connectivity index (χ0v) is 12.6. The van der Waals surface area contributed by atoms with Crippen molar-refractivity contribution >= 4 is 5.97 Å². The van der Waals surface area contributed by atoms with E-state index in [1.165, 1.54) is 24.3 Å². The molecule has 5 heteroatoms. The Balaban J connectivity index is 2.00. The summed E-state index contributed by atoms with van der Waals surface area (Å²) >= 11 is 0. The van der Waals surface area contributed by atoms with Crippen molar-refractivity contribution in [2.75, 3.05) is 13.1 Å². The minimum absolute atomic E-state index is 0.0955. The van der Waals surface area contributed by atoms with E-state index in [1.54, 1.807) is 0 Å². The van der Waals surface area contributed by atoms with Crippen molar-refractivity contribution < 1.29 is 25.1 Å². The van der Waals surface area contributed by atoms with Crippen LogP contribution in [0.15, 0.2) is 24.3 Å². The van der Waals surface area contributed by atoms with Crippen LogP contribution in [-0.2, 0) is 9.53 Å². The number of esters is 1. The summed E-state index contributed by atoms with van der Waals surface area (Å²) in [6.07, 6.45) is 0.700. The minimum atomic E-state index is -1.32. The number of nitrogens with two attached hydrogens (primary N) is 1. The number of phenolic OH excluding ortho intramolecular Hbond substituents is 1. The maximum absolute atomic E-state index is 12.1. The molecule has 1 atom stereocenters. The van der Waals surface area contributed by atoms with Crippen molar-refractivity contribution in [3.05, 3.63) is 29.8 Å². The average molecular weight is 294 g/mol. The Morgan fingerprint density at radius 2 is 1.86 bits per heavy atom. The van der Waals surface area contributed by atoms with Gasteiger partial charge < -0.3 is 20.3 Å². The van der Waals surface area contributed by atoms with Gasteiger partial charge in [0.25, 0.3) is 0 Å². The van der Waals surface area contributed by atoms with Crippen molar-refractivity contribution in [1.82, 2.24) is 0 Å². The number of benzene rings is 1. The Labute approximate surface area is 124 Å². The number of carbonyl (C=O) groups excluding carboxylic acids is 1. The molecule has 1 unspecified atom stereocenters. The highest BCUT2D eigenvalue weighted by atomic mass is 16.6. The number of carbonyl (C=O) groups is 1. The fourth-order valence-electron chi connectivity index (χ4n) is 2.81. The van der Waals surface area contributed by atoms with Crippen molar-refractivity contribution in [2.45, 2.75) is 38.4 Å². The monoisotopic (exact) mass is 294 g/mol. The predicted molar refractivity (Wildman–Crippen MR) is 77.6 cm³/mol. The van der Waals surface area contributed by atoms with Gasteiger partial charge in [-0.1, -0.05) is 12.1 Å². The summed E-state index contributed by atoms with van der Waals surface area (Å²) in [6.45, 7) is 5.91. The number of aliphatic hydroxyl groups excluding tert-OH is 1. The van der Waals surface area contributed by atoms with E-state index in [4.69, 9.17) is 4.74 Å². The fraction of sp³-hybridized carbons (Fsp3) is 0.562. The van der Waals surface area contributed by atoms with E-state index in [9.17, 15) is 15.0 Å². The average Bonchev–Trinajstić information content (AvgIpc) is 2.48. The predicted octanol–water partition coefficient (Wildman–Crippen LogP) is 0.721. The fourth-order valence-corrected chi connectivity index (χ4v) is 2.81. The van der Waals surface area contributed by atoms with E-state index in [2.05, 4.69) is 5.32 Å². The lowest BCUT2D eigenvalue weighted by atomic mass is 9.83. The summed E-state index contributed by atoms with van der Waals surface area (Å²) in [6, 6.07) is 5.91. The summed E-state index contributed by atoms with van der Waals surface area (Å²) in [7, 11) is 0. The molecular weight excluding hydrogens is 270 g/mol. The molecule has 0 aliphatic carbocycles. The number of hydrogen-bond donors (Lipinski definition) is 3. The van der Waals surface area contributed by atoms with Crippen LogP contribution in [0.1, 0.15) is 38.4 Å². The van der Waals surface area contributed by atoms with E-state index in [0.29, 0.717) is 11.5 Å². The lowest BCUT2D eigenvalue weighted by Crippen LogP contribution is -2.86. The number of quaternary nitrogens is 1. The van der Waals surface area contributed by atoms with Gasteiger partial charge in [-0.25, -0.2) is 4.79 Å². The molecule has 0 aromatic heterocycles. The quantitative estimate of drug-likeness (QED) is 0.715. The topological polar surface area (TPSA) is 83.4 Å². The molecule has 2 rings (SSSR count). The van der Waals surface area contributed by atoms with E-state index >= 15 is 0 Å². The van der Waals surface area contributed by atoms with Gasteiger partial charge in [-0.15, -0.1) is 0 Å². The number of rotatable bonds is 4. The lowest BCUT2D eigenvalue weighted by molar-refractivity contribution is -0.665. The first kappa shape index (κ1) is 15.8. The summed E-state index contributed by atoms with van der Waals surface area (Å²) in [4.78, 5) is 12.1. The van der Waals surface area contributed by atoms with Crippen LogP contribution in [-0.4, -0.2) is 34.9 Å². The second-order valence-corrected chi connectivity index (χ2v) is 6.16. The van der Waals surface area contributed by atoms with Gasteiger partial charge in [0.05, 0.1) is 13.1 Å². The van der Waals surface area contributed by atoms with Crippen LogP contribution in [0.2, 0.25) is 0 Å². The third-order valence-electron chi connectivity index (χ3n) is 4.22. The zero-order valence-electron chi connectivity index (χ0n) is 12.6. The Bertz CT molecular complexity index is 478. The maximum Gasteiger partial charge on any atom is 0.340 e. The molecule has 0 radical (unpaired) electrons. The summed E-state index contributed by atoms with van der Waals surface area (Å²) in [5.41, 5.74) is -0.158. The van der Waals surface area contributed by atoms with Crippen LogP contribution in [0.5, 0.6) is 5.75 Å². The highest BCUT2D eigenvalue weighted by Gasteiger charge is 2.36. The van der Waals surface area contributed by atoms with Gasteiger partial charge in [0.2, 0.25) is 0 Å². The smallest absolute Gasteiger partial charge is 0.340 e. The van der Waals surface area contributed by atoms with Gasteiger partial charge in [0, 0.05) is 18.8 Å². The third kappa shape index (κ3) is 3.95. The van der Waals surface area contributed by atoms with Crippen LogP contribution < -0.4 is 5.32 Å². The molecule has 1 aliphatic rings. The maximum atomic E-state index is 12.1. The van der Waals surface area contributed by atoms with E-state index in [-0.39, 0.29) is 5.75 Å². The van der Waals surface area contributed by atoms with Crippen molar-refractivity contribution in [1.29, 1.82) is 0 Å². The standard InChI is InChI=1S/C16H23NO4/c1-16(2,12-7-9-17-10-8-12)21-15(20)14(19)11-3-5-13(18)6-4-11/h3-6,12,14,17-19H,7-10H2,1-2H3/p+1. The molecule has 0 saturated carbocycles. The van der Waals surface area contributed by atoms with Crippen LogP contribution in [0.4, 0.5) is 0 Å². The molecule has 1 aromatic rings. The van der Waals surface area contributed by atoms with Crippen molar-refractivity contribution in [3.63, 3.8) is 0 Å².